The summed E-state index contributed by atoms with van der Waals surface area (Å²) in [4.78, 5) is 12.6. The number of fused-ring (bicyclic) bond motifs is 1. The third-order valence-corrected chi connectivity index (χ3v) is 2.16. The van der Waals surface area contributed by atoms with Crippen LogP contribution in [0.25, 0.3) is 0 Å². The average molecular weight is 142 g/mol. The number of nitrogens with one attached hydrogen (secondary N) is 1. The smallest absolute Gasteiger partial charge is 0.410 e. The molecule has 2 rings (SSSR count). The minimum absolute atomic E-state index is 0.184. The van der Waals surface area contributed by atoms with Gasteiger partial charge < -0.3 is 10.1 Å². The highest BCUT2D eigenvalue weighted by molar-refractivity contribution is 5.72. The highest BCUT2D eigenvalue weighted by Crippen LogP contribution is 2.31. The molecule has 56 valence electrons. The van der Waals surface area contributed by atoms with Gasteiger partial charge in [0, 0.05) is 13.1 Å². The van der Waals surface area contributed by atoms with Gasteiger partial charge in [0.25, 0.3) is 0 Å². The monoisotopic (exact) mass is 142 g/mol. The number of carbonyl (C=O) groups excluding carboxylic acids is 1. The zero-order valence-electron chi connectivity index (χ0n) is 5.83. The number of rotatable bonds is 0. The van der Waals surface area contributed by atoms with Crippen LogP contribution in [0.2, 0.25) is 0 Å². The van der Waals surface area contributed by atoms with Gasteiger partial charge in [0.15, 0.2) is 0 Å². The van der Waals surface area contributed by atoms with Crippen LogP contribution in [0.1, 0.15) is 0 Å². The first-order valence-corrected chi connectivity index (χ1v) is 3.41. The lowest BCUT2D eigenvalue weighted by molar-refractivity contribution is 0.148. The van der Waals surface area contributed by atoms with Gasteiger partial charge >= 0.3 is 6.09 Å². The van der Waals surface area contributed by atoms with Crippen molar-refractivity contribution >= 4 is 6.09 Å². The molecule has 4 heteroatoms. The van der Waals surface area contributed by atoms with E-state index in [0.717, 1.165) is 13.1 Å². The lowest BCUT2D eigenvalue weighted by Crippen LogP contribution is -2.26. The Morgan fingerprint density at radius 3 is 2.70 bits per heavy atom. The number of hydrogen-bond acceptors (Lipinski definition) is 3. The fourth-order valence-electron chi connectivity index (χ4n) is 1.56. The van der Waals surface area contributed by atoms with Crippen molar-refractivity contribution in [3.63, 3.8) is 0 Å². The molecule has 0 bridgehead atoms. The third kappa shape index (κ3) is 0.623. The van der Waals surface area contributed by atoms with E-state index >= 15 is 0 Å². The van der Waals surface area contributed by atoms with E-state index in [9.17, 15) is 4.79 Å². The quantitative estimate of drug-likeness (QED) is 0.459. The van der Waals surface area contributed by atoms with Crippen LogP contribution in [0.4, 0.5) is 4.79 Å². The number of nitrogens with zero attached hydrogens (tertiary/aromatic N) is 1. The number of carbonyl (C=O) groups is 1. The molecule has 2 aliphatic rings. The van der Waals surface area contributed by atoms with Crippen LogP contribution in [-0.4, -0.2) is 43.3 Å². The van der Waals surface area contributed by atoms with Crippen molar-refractivity contribution in [3.05, 3.63) is 0 Å². The second kappa shape index (κ2) is 1.85. The Balaban J connectivity index is 1.94. The van der Waals surface area contributed by atoms with Crippen molar-refractivity contribution in [2.75, 3.05) is 20.2 Å². The second-order valence-corrected chi connectivity index (χ2v) is 2.67. The topological polar surface area (TPSA) is 41.3 Å². The summed E-state index contributed by atoms with van der Waals surface area (Å²) in [6.07, 6.45) is -0.184. The summed E-state index contributed by atoms with van der Waals surface area (Å²) in [5.74, 6) is 0. The van der Waals surface area contributed by atoms with Gasteiger partial charge in [-0.2, -0.15) is 0 Å². The van der Waals surface area contributed by atoms with E-state index in [1.165, 1.54) is 7.11 Å². The van der Waals surface area contributed by atoms with E-state index in [0.29, 0.717) is 12.1 Å². The fraction of sp³-hybridized carbons (Fsp3) is 0.833. The lowest BCUT2D eigenvalue weighted by atomic mass is 10.4. The molecule has 0 aliphatic carbocycles. The van der Waals surface area contributed by atoms with Gasteiger partial charge in [-0.1, -0.05) is 0 Å². The highest BCUT2D eigenvalue weighted by atomic mass is 16.5. The van der Waals surface area contributed by atoms with Gasteiger partial charge in [-0.15, -0.1) is 0 Å². The summed E-state index contributed by atoms with van der Waals surface area (Å²) >= 11 is 0. The summed E-state index contributed by atoms with van der Waals surface area (Å²) in [7, 11) is 1.42. The predicted octanol–water partition coefficient (Wildman–Crippen LogP) is -0.591. The number of amides is 1. The Morgan fingerprint density at radius 2 is 2.20 bits per heavy atom. The maximum atomic E-state index is 10.9. The summed E-state index contributed by atoms with van der Waals surface area (Å²) in [5.41, 5.74) is 0. The minimum atomic E-state index is -0.184. The van der Waals surface area contributed by atoms with Crippen LogP contribution in [0, 0.1) is 0 Å². The molecule has 10 heavy (non-hydrogen) atoms. The summed E-state index contributed by atoms with van der Waals surface area (Å²) in [6.45, 7) is 1.86. The highest BCUT2D eigenvalue weighted by Gasteiger charge is 2.54. The molecule has 0 radical (unpaired) electrons. The van der Waals surface area contributed by atoms with Crippen molar-refractivity contribution in [1.82, 2.24) is 10.2 Å². The Hall–Kier alpha value is -0.770. The van der Waals surface area contributed by atoms with Crippen LogP contribution < -0.4 is 5.32 Å². The molecule has 2 heterocycles. The van der Waals surface area contributed by atoms with E-state index in [-0.39, 0.29) is 6.09 Å². The Kier molecular flexibility index (Phi) is 1.11. The summed E-state index contributed by atoms with van der Waals surface area (Å²) < 4.78 is 4.57. The Bertz CT molecular complexity index is 161. The van der Waals surface area contributed by atoms with E-state index in [1.807, 2.05) is 0 Å². The minimum Gasteiger partial charge on any atom is -0.453 e. The number of piperazine rings is 1. The first kappa shape index (κ1) is 5.97. The van der Waals surface area contributed by atoms with Crippen LogP contribution in [0.15, 0.2) is 0 Å². The molecule has 2 aliphatic heterocycles. The summed E-state index contributed by atoms with van der Waals surface area (Å²) in [6, 6.07) is 0.847. The first-order chi connectivity index (χ1) is 4.84. The van der Waals surface area contributed by atoms with Crippen LogP contribution in [-0.2, 0) is 4.74 Å². The molecule has 4 nitrogen and oxygen atoms in total. The average Bonchev–Trinajstić information content (AvgIpc) is 2.43. The van der Waals surface area contributed by atoms with E-state index in [2.05, 4.69) is 10.1 Å². The van der Waals surface area contributed by atoms with Gasteiger partial charge in [0.2, 0.25) is 0 Å². The molecular weight excluding hydrogens is 132 g/mol. The van der Waals surface area contributed by atoms with Crippen molar-refractivity contribution in [2.45, 2.75) is 12.1 Å². The van der Waals surface area contributed by atoms with Gasteiger partial charge in [-0.05, 0) is 0 Å². The maximum Gasteiger partial charge on any atom is 0.410 e. The molecule has 0 aromatic carbocycles. The molecule has 0 aromatic rings. The van der Waals surface area contributed by atoms with Gasteiger partial charge in [0.05, 0.1) is 19.2 Å². The van der Waals surface area contributed by atoms with Crippen molar-refractivity contribution in [1.29, 1.82) is 0 Å². The number of hydrogen-bond donors (Lipinski definition) is 1. The van der Waals surface area contributed by atoms with E-state index in [1.54, 1.807) is 4.90 Å². The molecule has 2 unspecified atom stereocenters. The van der Waals surface area contributed by atoms with Crippen molar-refractivity contribution in [3.8, 4) is 0 Å². The SMILES string of the molecule is COC(=O)N1C2CNCC21. The molecule has 1 amide bonds. The maximum absolute atomic E-state index is 10.9. The normalized spacial score (nSPS) is 35.5. The first-order valence-electron chi connectivity index (χ1n) is 3.41. The Morgan fingerprint density at radius 1 is 1.60 bits per heavy atom. The molecular formula is C6H10N2O2. The fourth-order valence-corrected chi connectivity index (χ4v) is 1.56. The zero-order valence-corrected chi connectivity index (χ0v) is 5.83. The predicted molar refractivity (Wildman–Crippen MR) is 34.7 cm³/mol. The van der Waals surface area contributed by atoms with Crippen LogP contribution >= 0.6 is 0 Å². The lowest BCUT2D eigenvalue weighted by Gasteiger charge is -2.05. The molecule has 0 saturated carbocycles. The van der Waals surface area contributed by atoms with Crippen molar-refractivity contribution in [2.24, 2.45) is 0 Å². The number of ether oxygens (including phenoxy) is 1. The van der Waals surface area contributed by atoms with Crippen LogP contribution in [0.3, 0.4) is 0 Å². The van der Waals surface area contributed by atoms with Gasteiger partial charge in [-0.25, -0.2) is 4.79 Å². The Labute approximate surface area is 59.1 Å². The van der Waals surface area contributed by atoms with E-state index < -0.39 is 0 Å². The van der Waals surface area contributed by atoms with Crippen molar-refractivity contribution < 1.29 is 9.53 Å². The largest absolute Gasteiger partial charge is 0.453 e. The standard InChI is InChI=1S/C6H10N2O2/c1-10-6(9)8-4-2-7-3-5(4)8/h4-5,7H,2-3H2,1H3. The van der Waals surface area contributed by atoms with E-state index in [4.69, 9.17) is 0 Å². The molecule has 2 saturated heterocycles. The molecule has 1 N–H and O–H groups in total. The molecule has 2 atom stereocenters. The second-order valence-electron chi connectivity index (χ2n) is 2.67. The third-order valence-electron chi connectivity index (χ3n) is 2.16. The molecule has 2 fully saturated rings. The molecule has 0 spiro atoms. The summed E-state index contributed by atoms with van der Waals surface area (Å²) in [5, 5.41) is 3.18. The van der Waals surface area contributed by atoms with Crippen LogP contribution in [0.5, 0.6) is 0 Å². The zero-order chi connectivity index (χ0) is 7.14. The van der Waals surface area contributed by atoms with Gasteiger partial charge in [-0.3, -0.25) is 4.90 Å². The number of methoxy groups -OCH3 is 1. The molecule has 0 aromatic heterocycles. The van der Waals surface area contributed by atoms with Gasteiger partial charge in [0.1, 0.15) is 0 Å².